The van der Waals surface area contributed by atoms with Gasteiger partial charge in [-0.05, 0) is 25.7 Å². The molecule has 0 heterocycles. The Kier molecular flexibility index (Phi) is 4.51. The number of rotatable bonds is 7. The molecular weight excluding hydrogens is 244 g/mol. The molecular formula is C10H20N2O4S. The van der Waals surface area contributed by atoms with E-state index in [1.165, 1.54) is 7.05 Å². The summed E-state index contributed by atoms with van der Waals surface area (Å²) in [7, 11) is -2.17. The summed E-state index contributed by atoms with van der Waals surface area (Å²) < 4.78 is 27.6. The molecule has 0 radical (unpaired) electrons. The van der Waals surface area contributed by atoms with Crippen molar-refractivity contribution < 1.29 is 18.3 Å². The van der Waals surface area contributed by atoms with Crippen LogP contribution in [-0.2, 0) is 15.0 Å². The van der Waals surface area contributed by atoms with E-state index in [0.717, 1.165) is 30.0 Å². The van der Waals surface area contributed by atoms with Crippen molar-refractivity contribution in [3.05, 3.63) is 0 Å². The molecule has 0 atom stereocenters. The Morgan fingerprint density at radius 2 is 2.06 bits per heavy atom. The minimum Gasteiger partial charge on any atom is -0.481 e. The molecule has 0 unspecified atom stereocenters. The maximum atomic E-state index is 11.9. The van der Waals surface area contributed by atoms with Crippen LogP contribution in [0.15, 0.2) is 0 Å². The number of nitrogens with one attached hydrogen (secondary N) is 1. The molecule has 0 aromatic carbocycles. The molecule has 2 N–H and O–H groups in total. The SMILES string of the molecule is CCC1(NS(=O)(=O)N(C)CCC(=O)O)CCC1. The van der Waals surface area contributed by atoms with Crippen LogP contribution >= 0.6 is 0 Å². The normalized spacial score (nSPS) is 19.0. The van der Waals surface area contributed by atoms with Gasteiger partial charge in [0, 0.05) is 19.1 Å². The number of carboxylic acids is 1. The van der Waals surface area contributed by atoms with Crippen LogP contribution < -0.4 is 4.72 Å². The van der Waals surface area contributed by atoms with Gasteiger partial charge in [-0.2, -0.15) is 17.4 Å². The van der Waals surface area contributed by atoms with Crippen LogP contribution in [0.2, 0.25) is 0 Å². The number of carboxylic acid groups (broad SMARTS) is 1. The molecule has 0 amide bonds. The fourth-order valence-corrected chi connectivity index (χ4v) is 3.24. The fourth-order valence-electron chi connectivity index (χ4n) is 1.86. The molecule has 0 spiro atoms. The van der Waals surface area contributed by atoms with Crippen molar-refractivity contribution in [3.63, 3.8) is 0 Å². The second-order valence-electron chi connectivity index (χ2n) is 4.56. The van der Waals surface area contributed by atoms with E-state index in [1.807, 2.05) is 6.92 Å². The Labute approximate surface area is 102 Å². The van der Waals surface area contributed by atoms with Gasteiger partial charge in [-0.15, -0.1) is 0 Å². The third kappa shape index (κ3) is 3.65. The third-order valence-corrected chi connectivity index (χ3v) is 5.08. The molecule has 100 valence electrons. The van der Waals surface area contributed by atoms with Gasteiger partial charge in [0.05, 0.1) is 6.42 Å². The molecule has 6 nitrogen and oxygen atoms in total. The van der Waals surface area contributed by atoms with Crippen molar-refractivity contribution in [2.24, 2.45) is 0 Å². The Balaban J connectivity index is 2.58. The van der Waals surface area contributed by atoms with Crippen molar-refractivity contribution in [2.45, 2.75) is 44.6 Å². The number of nitrogens with zero attached hydrogens (tertiary/aromatic N) is 1. The smallest absolute Gasteiger partial charge is 0.304 e. The summed E-state index contributed by atoms with van der Waals surface area (Å²) in [5.74, 6) is -0.999. The molecule has 7 heteroatoms. The lowest BCUT2D eigenvalue weighted by molar-refractivity contribution is -0.137. The number of carbonyl (C=O) groups is 1. The summed E-state index contributed by atoms with van der Waals surface area (Å²) in [4.78, 5) is 10.4. The molecule has 0 saturated heterocycles. The molecule has 1 saturated carbocycles. The van der Waals surface area contributed by atoms with Gasteiger partial charge in [-0.3, -0.25) is 4.79 Å². The highest BCUT2D eigenvalue weighted by Gasteiger charge is 2.39. The molecule has 0 aromatic heterocycles. The average Bonchev–Trinajstić information content (AvgIpc) is 2.19. The highest BCUT2D eigenvalue weighted by molar-refractivity contribution is 7.87. The second kappa shape index (κ2) is 5.32. The lowest BCUT2D eigenvalue weighted by Crippen LogP contribution is -2.56. The van der Waals surface area contributed by atoms with Crippen molar-refractivity contribution in [1.82, 2.24) is 9.03 Å². The molecule has 0 aliphatic heterocycles. The van der Waals surface area contributed by atoms with E-state index >= 15 is 0 Å². The Bertz CT molecular complexity index is 370. The summed E-state index contributed by atoms with van der Waals surface area (Å²) in [6, 6.07) is 0. The average molecular weight is 264 g/mol. The van der Waals surface area contributed by atoms with Gasteiger partial charge in [-0.25, -0.2) is 0 Å². The predicted molar refractivity (Wildman–Crippen MR) is 63.8 cm³/mol. The third-order valence-electron chi connectivity index (χ3n) is 3.38. The molecule has 0 aromatic rings. The van der Waals surface area contributed by atoms with Gasteiger partial charge >= 0.3 is 5.97 Å². The maximum Gasteiger partial charge on any atom is 0.304 e. The number of hydrogen-bond acceptors (Lipinski definition) is 3. The van der Waals surface area contributed by atoms with E-state index in [0.29, 0.717) is 0 Å². The van der Waals surface area contributed by atoms with Gasteiger partial charge < -0.3 is 5.11 Å². The quantitative estimate of drug-likeness (QED) is 0.703. The van der Waals surface area contributed by atoms with Gasteiger partial charge in [0.1, 0.15) is 0 Å². The molecule has 1 aliphatic carbocycles. The van der Waals surface area contributed by atoms with Gasteiger partial charge in [0.2, 0.25) is 0 Å². The van der Waals surface area contributed by atoms with Crippen LogP contribution in [0.5, 0.6) is 0 Å². The van der Waals surface area contributed by atoms with Crippen LogP contribution in [0.1, 0.15) is 39.0 Å². The first-order valence-electron chi connectivity index (χ1n) is 5.78. The van der Waals surface area contributed by atoms with E-state index in [2.05, 4.69) is 4.72 Å². The van der Waals surface area contributed by atoms with Crippen molar-refractivity contribution in [3.8, 4) is 0 Å². The lowest BCUT2D eigenvalue weighted by Gasteiger charge is -2.42. The Morgan fingerprint density at radius 3 is 2.41 bits per heavy atom. The predicted octanol–water partition coefficient (Wildman–Crippen LogP) is 0.560. The summed E-state index contributed by atoms with van der Waals surface area (Å²) in [6.07, 6.45) is 3.33. The summed E-state index contributed by atoms with van der Waals surface area (Å²) in [6.45, 7) is 1.95. The first-order valence-corrected chi connectivity index (χ1v) is 7.22. The number of aliphatic carboxylic acids is 1. The van der Waals surface area contributed by atoms with E-state index in [-0.39, 0.29) is 18.5 Å². The van der Waals surface area contributed by atoms with Crippen LogP contribution in [0.3, 0.4) is 0 Å². The maximum absolute atomic E-state index is 11.9. The fraction of sp³-hybridized carbons (Fsp3) is 0.900. The van der Waals surface area contributed by atoms with Crippen LogP contribution in [-0.4, -0.2) is 42.9 Å². The largest absolute Gasteiger partial charge is 0.481 e. The molecule has 17 heavy (non-hydrogen) atoms. The van der Waals surface area contributed by atoms with E-state index < -0.39 is 16.2 Å². The van der Waals surface area contributed by atoms with Crippen LogP contribution in [0.4, 0.5) is 0 Å². The minimum atomic E-state index is -3.57. The second-order valence-corrected chi connectivity index (χ2v) is 6.34. The standard InChI is InChI=1S/C10H20N2O4S/c1-3-10(6-4-7-10)11-17(15,16)12(2)8-5-9(13)14/h11H,3-8H2,1-2H3,(H,13,14). The van der Waals surface area contributed by atoms with Crippen molar-refractivity contribution >= 4 is 16.2 Å². The molecule has 1 fully saturated rings. The summed E-state index contributed by atoms with van der Waals surface area (Å²) >= 11 is 0. The minimum absolute atomic E-state index is 0.00946. The van der Waals surface area contributed by atoms with Crippen LogP contribution in [0, 0.1) is 0 Å². The summed E-state index contributed by atoms with van der Waals surface area (Å²) in [5.41, 5.74) is -0.309. The van der Waals surface area contributed by atoms with Gasteiger partial charge in [0.25, 0.3) is 10.2 Å². The number of hydrogen-bond donors (Lipinski definition) is 2. The Morgan fingerprint density at radius 1 is 1.47 bits per heavy atom. The molecule has 0 bridgehead atoms. The van der Waals surface area contributed by atoms with Gasteiger partial charge in [0.15, 0.2) is 0 Å². The highest BCUT2D eigenvalue weighted by Crippen LogP contribution is 2.35. The van der Waals surface area contributed by atoms with Crippen LogP contribution in [0.25, 0.3) is 0 Å². The zero-order valence-corrected chi connectivity index (χ0v) is 11.1. The van der Waals surface area contributed by atoms with E-state index in [1.54, 1.807) is 0 Å². The Hall–Kier alpha value is -0.660. The first-order chi connectivity index (χ1) is 7.81. The van der Waals surface area contributed by atoms with Gasteiger partial charge in [-0.1, -0.05) is 6.92 Å². The monoisotopic (exact) mass is 264 g/mol. The summed E-state index contributed by atoms with van der Waals surface area (Å²) in [5, 5.41) is 8.52. The zero-order valence-electron chi connectivity index (χ0n) is 10.3. The van der Waals surface area contributed by atoms with Crippen molar-refractivity contribution in [2.75, 3.05) is 13.6 Å². The lowest BCUT2D eigenvalue weighted by atomic mass is 9.76. The van der Waals surface area contributed by atoms with E-state index in [4.69, 9.17) is 5.11 Å². The topological polar surface area (TPSA) is 86.7 Å². The van der Waals surface area contributed by atoms with E-state index in [9.17, 15) is 13.2 Å². The zero-order chi connectivity index (χ0) is 13.1. The first kappa shape index (κ1) is 14.4. The molecule has 1 aliphatic rings. The van der Waals surface area contributed by atoms with Crippen molar-refractivity contribution in [1.29, 1.82) is 0 Å². The highest BCUT2D eigenvalue weighted by atomic mass is 32.2. The molecule has 1 rings (SSSR count).